The lowest BCUT2D eigenvalue weighted by molar-refractivity contribution is -0.136. The highest BCUT2D eigenvalue weighted by atomic mass is 35.5. The van der Waals surface area contributed by atoms with Gasteiger partial charge in [-0.2, -0.15) is 0 Å². The molecule has 14 heteroatoms. The van der Waals surface area contributed by atoms with Crippen LogP contribution in [0.5, 0.6) is 0 Å². The number of nitrogens with zero attached hydrogens (tertiary/aromatic N) is 7. The lowest BCUT2D eigenvalue weighted by Crippen LogP contribution is -2.54. The number of carbonyl (C=O) groups excluding carboxylic acids is 5. The van der Waals surface area contributed by atoms with E-state index in [1.165, 1.54) is 0 Å². The average molecular weight is 845 g/mol. The Labute approximate surface area is 362 Å². The zero-order valence-corrected chi connectivity index (χ0v) is 35.8. The van der Waals surface area contributed by atoms with Crippen LogP contribution in [0.15, 0.2) is 60.7 Å². The van der Waals surface area contributed by atoms with Crippen LogP contribution in [0.3, 0.4) is 0 Å². The summed E-state index contributed by atoms with van der Waals surface area (Å²) in [7, 11) is 0. The molecule has 5 fully saturated rings. The highest BCUT2D eigenvalue weighted by molar-refractivity contribution is 6.33. The van der Waals surface area contributed by atoms with Gasteiger partial charge in [0.15, 0.2) is 0 Å². The quantitative estimate of drug-likeness (QED) is 0.218. The fraction of sp³-hybridized carbons (Fsp3) is 0.489. The minimum atomic E-state index is -0.973. The normalized spacial score (nSPS) is 23.1. The van der Waals surface area contributed by atoms with Crippen molar-refractivity contribution >= 4 is 63.9 Å². The maximum absolute atomic E-state index is 13.6. The van der Waals surface area contributed by atoms with Crippen LogP contribution in [0.1, 0.15) is 89.9 Å². The molecule has 61 heavy (non-hydrogen) atoms. The van der Waals surface area contributed by atoms with Gasteiger partial charge in [0.1, 0.15) is 6.04 Å². The van der Waals surface area contributed by atoms with Gasteiger partial charge in [-0.05, 0) is 118 Å². The Morgan fingerprint density at radius 2 is 1.44 bits per heavy atom. The van der Waals surface area contributed by atoms with Crippen molar-refractivity contribution in [3.8, 4) is 0 Å². The Kier molecular flexibility index (Phi) is 10.8. The third-order valence-electron chi connectivity index (χ3n) is 14.3. The van der Waals surface area contributed by atoms with E-state index in [1.807, 2.05) is 41.3 Å². The minimum absolute atomic E-state index is 0.00949. The van der Waals surface area contributed by atoms with Crippen molar-refractivity contribution in [2.24, 2.45) is 11.3 Å². The molecule has 6 aliphatic heterocycles. The van der Waals surface area contributed by atoms with Crippen molar-refractivity contribution in [3.63, 3.8) is 0 Å². The van der Waals surface area contributed by atoms with Gasteiger partial charge in [0.2, 0.25) is 17.5 Å². The number of imide groups is 2. The summed E-state index contributed by atoms with van der Waals surface area (Å²) in [5.41, 5.74) is 5.18. The monoisotopic (exact) mass is 844 g/mol. The molecular weight excluding hydrogens is 792 g/mol. The Balaban J connectivity index is 0.722. The van der Waals surface area contributed by atoms with E-state index in [1.54, 1.807) is 12.1 Å². The third-order valence-corrected chi connectivity index (χ3v) is 14.6. The molecule has 1 unspecified atom stereocenters. The van der Waals surface area contributed by atoms with Gasteiger partial charge in [-0.3, -0.25) is 39.1 Å². The fourth-order valence-electron chi connectivity index (χ4n) is 10.9. The Morgan fingerprint density at radius 3 is 2.11 bits per heavy atom. The molecule has 6 aliphatic rings. The van der Waals surface area contributed by atoms with E-state index in [0.717, 1.165) is 112 Å². The summed E-state index contributed by atoms with van der Waals surface area (Å²) in [6.07, 6.45) is 5.53. The number of hydrogen-bond donors (Lipinski definition) is 1. The van der Waals surface area contributed by atoms with E-state index < -0.39 is 29.7 Å². The molecule has 5 amide bonds. The summed E-state index contributed by atoms with van der Waals surface area (Å²) in [5.74, 6) is -1.36. The van der Waals surface area contributed by atoms with Crippen molar-refractivity contribution in [2.75, 3.05) is 80.1 Å². The number of halogens is 1. The van der Waals surface area contributed by atoms with Gasteiger partial charge in [-0.25, -0.2) is 4.85 Å². The number of benzene rings is 3. The van der Waals surface area contributed by atoms with Crippen LogP contribution in [0.25, 0.3) is 4.85 Å². The second-order valence-corrected chi connectivity index (χ2v) is 19.0. The molecule has 0 aliphatic carbocycles. The molecule has 3 aromatic rings. The average Bonchev–Trinajstić information content (AvgIpc) is 3.67. The van der Waals surface area contributed by atoms with E-state index in [2.05, 4.69) is 55.7 Å². The zero-order chi connectivity index (χ0) is 42.6. The first-order valence-corrected chi connectivity index (χ1v) is 22.1. The van der Waals surface area contributed by atoms with Gasteiger partial charge >= 0.3 is 0 Å². The van der Waals surface area contributed by atoms with E-state index in [0.29, 0.717) is 40.8 Å². The van der Waals surface area contributed by atoms with Gasteiger partial charge in [0, 0.05) is 105 Å². The van der Waals surface area contributed by atoms with Crippen molar-refractivity contribution in [2.45, 2.75) is 70.4 Å². The van der Waals surface area contributed by atoms with Crippen molar-refractivity contribution < 1.29 is 24.0 Å². The van der Waals surface area contributed by atoms with Gasteiger partial charge in [0.25, 0.3) is 17.7 Å². The number of fused-ring (bicyclic) bond motifs is 1. The van der Waals surface area contributed by atoms with E-state index in [4.69, 9.17) is 18.2 Å². The Morgan fingerprint density at radius 1 is 0.787 bits per heavy atom. The molecular formula is C47H53ClN8O5. The summed E-state index contributed by atoms with van der Waals surface area (Å²) < 4.78 is 0. The van der Waals surface area contributed by atoms with Gasteiger partial charge < -0.3 is 19.6 Å². The molecule has 0 saturated carbocycles. The van der Waals surface area contributed by atoms with Gasteiger partial charge in [-0.1, -0.05) is 17.7 Å². The first-order valence-electron chi connectivity index (χ1n) is 21.7. The number of piperidine rings is 3. The molecule has 5 saturated heterocycles. The first kappa shape index (κ1) is 40.9. The summed E-state index contributed by atoms with van der Waals surface area (Å²) in [6.45, 7) is 20.6. The molecule has 9 rings (SSSR count). The van der Waals surface area contributed by atoms with Crippen LogP contribution in [0, 0.1) is 17.9 Å². The molecule has 1 spiro atoms. The van der Waals surface area contributed by atoms with Gasteiger partial charge in [0.05, 0.1) is 17.7 Å². The zero-order valence-electron chi connectivity index (χ0n) is 35.0. The lowest BCUT2D eigenvalue weighted by Gasteiger charge is -2.40. The predicted octanol–water partition coefficient (Wildman–Crippen LogP) is 6.24. The van der Waals surface area contributed by atoms with Crippen molar-refractivity contribution in [1.29, 1.82) is 0 Å². The Bertz CT molecular complexity index is 2300. The lowest BCUT2D eigenvalue weighted by atomic mass is 9.74. The second kappa shape index (κ2) is 16.1. The molecule has 6 heterocycles. The minimum Gasteiger partial charge on any atom is -0.371 e. The maximum Gasteiger partial charge on any atom is 0.262 e. The number of nitrogens with one attached hydrogen (secondary N) is 1. The highest BCUT2D eigenvalue weighted by Crippen LogP contribution is 2.50. The smallest absolute Gasteiger partial charge is 0.262 e. The Hall–Kier alpha value is -5.45. The topological polar surface area (TPSA) is 121 Å². The van der Waals surface area contributed by atoms with E-state index >= 15 is 0 Å². The fourth-order valence-corrected chi connectivity index (χ4v) is 11.1. The standard InChI is InChI=1S/C47H53ClN8O5/c1-46(2)29-47(30-55(46)35-9-11-39(49-3)38(48)27-35)16-20-53(21-17-47)33-6-4-32(5-7-33)43(59)54-24-22-51(23-25-54)28-31-14-18-52(19-15-31)34-8-10-36-37(26-34)45(61)56(44(36)60)40-12-13-41(57)50-42(40)58/h4-11,26-27,31,40H,12-25,28-30H2,1-2H3,(H,50,57,58). The van der Waals surface area contributed by atoms with Crippen LogP contribution in [0.4, 0.5) is 22.7 Å². The molecule has 1 atom stereocenters. The second-order valence-electron chi connectivity index (χ2n) is 18.6. The van der Waals surface area contributed by atoms with Gasteiger partial charge in [-0.15, -0.1) is 0 Å². The van der Waals surface area contributed by atoms with Crippen LogP contribution < -0.4 is 20.0 Å². The highest BCUT2D eigenvalue weighted by Gasteiger charge is 2.50. The number of anilines is 3. The van der Waals surface area contributed by atoms with Crippen LogP contribution in [0.2, 0.25) is 5.02 Å². The van der Waals surface area contributed by atoms with Crippen LogP contribution >= 0.6 is 11.6 Å². The predicted molar refractivity (Wildman–Crippen MR) is 234 cm³/mol. The molecule has 3 aromatic carbocycles. The van der Waals surface area contributed by atoms with Crippen molar-refractivity contribution in [3.05, 3.63) is 93.8 Å². The number of carbonyl (C=O) groups is 5. The summed E-state index contributed by atoms with van der Waals surface area (Å²) in [5, 5.41) is 2.76. The number of piperazine rings is 1. The maximum atomic E-state index is 13.6. The number of amides is 5. The van der Waals surface area contributed by atoms with Crippen LogP contribution in [-0.2, 0) is 9.59 Å². The van der Waals surface area contributed by atoms with E-state index in [-0.39, 0.29) is 29.7 Å². The largest absolute Gasteiger partial charge is 0.371 e. The molecule has 318 valence electrons. The van der Waals surface area contributed by atoms with Crippen molar-refractivity contribution in [1.82, 2.24) is 20.0 Å². The molecule has 0 aromatic heterocycles. The molecule has 13 nitrogen and oxygen atoms in total. The molecule has 0 radical (unpaired) electrons. The molecule has 1 N–H and O–H groups in total. The van der Waals surface area contributed by atoms with E-state index in [9.17, 15) is 24.0 Å². The summed E-state index contributed by atoms with van der Waals surface area (Å²) >= 11 is 6.44. The van der Waals surface area contributed by atoms with Crippen LogP contribution in [-0.4, -0.2) is 121 Å². The first-order chi connectivity index (χ1) is 29.3. The SMILES string of the molecule is [C-]#[N+]c1ccc(N2CC3(CCN(c4ccc(C(=O)N5CCN(CC6CCN(c7ccc8c(c7)C(=O)N(C7CCC(=O)NC7=O)C8=O)CC6)CC5)cc4)CC3)CC2(C)C)cc1Cl. The summed E-state index contributed by atoms with van der Waals surface area (Å²) in [4.78, 5) is 80.4. The summed E-state index contributed by atoms with van der Waals surface area (Å²) in [6, 6.07) is 18.4. The number of hydrogen-bond acceptors (Lipinski definition) is 9. The third kappa shape index (κ3) is 7.85. The molecule has 0 bridgehead atoms. The number of rotatable bonds is 7.